The lowest BCUT2D eigenvalue weighted by Gasteiger charge is -2.38. The number of imidazole rings is 1. The number of anilines is 1. The van der Waals surface area contributed by atoms with Crippen molar-refractivity contribution in [3.8, 4) is 0 Å². The molecule has 31 heavy (non-hydrogen) atoms. The van der Waals surface area contributed by atoms with Crippen molar-refractivity contribution in [3.05, 3.63) is 41.0 Å². The quantitative estimate of drug-likeness (QED) is 0.567. The largest absolute Gasteiger partial charge is 0.392 e. The van der Waals surface area contributed by atoms with Gasteiger partial charge in [0.05, 0.1) is 36.0 Å². The van der Waals surface area contributed by atoms with E-state index < -0.39 is 0 Å². The summed E-state index contributed by atoms with van der Waals surface area (Å²) in [6.07, 6.45) is 6.11. The van der Waals surface area contributed by atoms with Gasteiger partial charge in [0.15, 0.2) is 0 Å². The SMILES string of the molecule is CSc1cc2c(cc1CO)nc1n2CCN(c2ncc(CO)c(C3CC3)n2)C1C(C)C. The Hall–Kier alpha value is -2.16. The third-order valence-electron chi connectivity index (χ3n) is 6.42. The second kappa shape index (κ2) is 8.07. The first-order chi connectivity index (χ1) is 15.0. The summed E-state index contributed by atoms with van der Waals surface area (Å²) in [5, 5.41) is 19.5. The average molecular weight is 440 g/mol. The molecule has 1 fully saturated rings. The normalized spacial score (nSPS) is 18.8. The van der Waals surface area contributed by atoms with Crippen LogP contribution in [0.1, 0.15) is 61.3 Å². The van der Waals surface area contributed by atoms with Crippen LogP contribution >= 0.6 is 11.8 Å². The van der Waals surface area contributed by atoms with Crippen molar-refractivity contribution in [1.29, 1.82) is 0 Å². The van der Waals surface area contributed by atoms with Crippen LogP contribution in [0.3, 0.4) is 0 Å². The van der Waals surface area contributed by atoms with Gasteiger partial charge in [0, 0.05) is 35.7 Å². The highest BCUT2D eigenvalue weighted by molar-refractivity contribution is 7.98. The smallest absolute Gasteiger partial charge is 0.226 e. The van der Waals surface area contributed by atoms with E-state index in [0.717, 1.165) is 70.5 Å². The van der Waals surface area contributed by atoms with E-state index in [9.17, 15) is 10.2 Å². The van der Waals surface area contributed by atoms with Crippen LogP contribution < -0.4 is 4.90 Å². The third kappa shape index (κ3) is 3.50. The standard InChI is InChI=1S/C23H29N5O2S/c1-13(2)21-22-25-17-8-15(11-29)19(31-3)9-18(17)27(22)6-7-28(21)23-24-10-16(12-30)20(26-23)14-4-5-14/h8-10,13-14,21,29-30H,4-7,11-12H2,1-3H3. The van der Waals surface area contributed by atoms with Crippen molar-refractivity contribution in [1.82, 2.24) is 19.5 Å². The summed E-state index contributed by atoms with van der Waals surface area (Å²) in [6.45, 7) is 6.04. The number of rotatable bonds is 6. The molecule has 1 unspecified atom stereocenters. The molecule has 1 aliphatic carbocycles. The first-order valence-corrected chi connectivity index (χ1v) is 12.2. The van der Waals surface area contributed by atoms with Gasteiger partial charge in [-0.3, -0.25) is 0 Å². The highest BCUT2D eigenvalue weighted by atomic mass is 32.2. The van der Waals surface area contributed by atoms with Gasteiger partial charge < -0.3 is 19.7 Å². The fourth-order valence-electron chi connectivity index (χ4n) is 4.74. The van der Waals surface area contributed by atoms with Crippen molar-refractivity contribution in [3.63, 3.8) is 0 Å². The summed E-state index contributed by atoms with van der Waals surface area (Å²) in [4.78, 5) is 18.0. The van der Waals surface area contributed by atoms with E-state index in [0.29, 0.717) is 11.8 Å². The van der Waals surface area contributed by atoms with E-state index in [2.05, 4.69) is 34.4 Å². The Morgan fingerprint density at radius 2 is 1.87 bits per heavy atom. The molecule has 5 rings (SSSR count). The molecule has 3 heterocycles. The Morgan fingerprint density at radius 3 is 2.52 bits per heavy atom. The molecule has 3 aromatic rings. The number of aromatic nitrogens is 4. The fourth-order valence-corrected chi connectivity index (χ4v) is 5.35. The topological polar surface area (TPSA) is 87.3 Å². The Morgan fingerprint density at radius 1 is 1.10 bits per heavy atom. The molecule has 8 heteroatoms. The van der Waals surface area contributed by atoms with Gasteiger partial charge in [-0.15, -0.1) is 11.8 Å². The van der Waals surface area contributed by atoms with Crippen molar-refractivity contribution in [2.45, 2.75) is 63.3 Å². The van der Waals surface area contributed by atoms with E-state index >= 15 is 0 Å². The van der Waals surface area contributed by atoms with Crippen molar-refractivity contribution < 1.29 is 10.2 Å². The predicted molar refractivity (Wildman–Crippen MR) is 122 cm³/mol. The molecule has 0 radical (unpaired) electrons. The van der Waals surface area contributed by atoms with Crippen molar-refractivity contribution in [2.75, 3.05) is 17.7 Å². The maximum atomic E-state index is 9.77. The molecule has 2 N–H and O–H groups in total. The number of hydrogen-bond donors (Lipinski definition) is 2. The molecular formula is C23H29N5O2S. The molecule has 0 saturated heterocycles. The van der Waals surface area contributed by atoms with E-state index in [1.54, 1.807) is 18.0 Å². The maximum Gasteiger partial charge on any atom is 0.226 e. The minimum Gasteiger partial charge on any atom is -0.392 e. The van der Waals surface area contributed by atoms with Gasteiger partial charge in [-0.05, 0) is 42.7 Å². The molecule has 0 bridgehead atoms. The highest BCUT2D eigenvalue weighted by Crippen LogP contribution is 2.42. The second-order valence-electron chi connectivity index (χ2n) is 8.83. The molecule has 1 atom stereocenters. The minimum atomic E-state index is -0.0134. The summed E-state index contributed by atoms with van der Waals surface area (Å²) < 4.78 is 2.32. The van der Waals surface area contributed by atoms with Crippen LogP contribution in [0.4, 0.5) is 5.95 Å². The van der Waals surface area contributed by atoms with Crippen molar-refractivity contribution in [2.24, 2.45) is 5.92 Å². The first-order valence-electron chi connectivity index (χ1n) is 11.0. The van der Waals surface area contributed by atoms with Crippen LogP contribution in [0, 0.1) is 5.92 Å². The van der Waals surface area contributed by atoms with E-state index in [4.69, 9.17) is 9.97 Å². The molecule has 164 valence electrons. The number of thioether (sulfide) groups is 1. The predicted octanol–water partition coefficient (Wildman–Crippen LogP) is 3.63. The zero-order valence-electron chi connectivity index (χ0n) is 18.2. The van der Waals surface area contributed by atoms with Gasteiger partial charge in [0.2, 0.25) is 5.95 Å². The zero-order valence-corrected chi connectivity index (χ0v) is 19.1. The molecule has 1 aliphatic heterocycles. The van der Waals surface area contributed by atoms with Gasteiger partial charge in [0.1, 0.15) is 5.82 Å². The van der Waals surface area contributed by atoms with Crippen LogP contribution in [-0.2, 0) is 19.8 Å². The molecule has 2 aromatic heterocycles. The van der Waals surface area contributed by atoms with Gasteiger partial charge >= 0.3 is 0 Å². The number of hydrogen-bond acceptors (Lipinski definition) is 7. The molecule has 1 saturated carbocycles. The van der Waals surface area contributed by atoms with E-state index in [-0.39, 0.29) is 19.3 Å². The lowest BCUT2D eigenvalue weighted by molar-refractivity contribution is 0.279. The summed E-state index contributed by atoms with van der Waals surface area (Å²) in [6, 6.07) is 4.24. The van der Waals surface area contributed by atoms with Crippen LogP contribution in [0.25, 0.3) is 11.0 Å². The zero-order chi connectivity index (χ0) is 21.7. The van der Waals surface area contributed by atoms with Crippen LogP contribution in [0.5, 0.6) is 0 Å². The molecule has 7 nitrogen and oxygen atoms in total. The summed E-state index contributed by atoms with van der Waals surface area (Å²) in [5.74, 6) is 2.54. The van der Waals surface area contributed by atoms with E-state index in [1.807, 2.05) is 12.3 Å². The highest BCUT2D eigenvalue weighted by Gasteiger charge is 2.36. The summed E-state index contributed by atoms with van der Waals surface area (Å²) >= 11 is 1.66. The second-order valence-corrected chi connectivity index (χ2v) is 9.68. The van der Waals surface area contributed by atoms with Gasteiger partial charge in [-0.25, -0.2) is 15.0 Å². The first kappa shape index (κ1) is 20.7. The Kier molecular flexibility index (Phi) is 5.40. The lowest BCUT2D eigenvalue weighted by atomic mass is 10.00. The number of aliphatic hydroxyl groups is 2. The Labute approximate surface area is 186 Å². The molecule has 0 spiro atoms. The Balaban J connectivity index is 1.60. The van der Waals surface area contributed by atoms with Gasteiger partial charge in [0.25, 0.3) is 0 Å². The lowest BCUT2D eigenvalue weighted by Crippen LogP contribution is -2.42. The molecule has 2 aliphatic rings. The van der Waals surface area contributed by atoms with Crippen LogP contribution in [0.2, 0.25) is 0 Å². The van der Waals surface area contributed by atoms with E-state index in [1.165, 1.54) is 0 Å². The molecule has 1 aromatic carbocycles. The number of fused-ring (bicyclic) bond motifs is 3. The van der Waals surface area contributed by atoms with Gasteiger partial charge in [-0.2, -0.15) is 0 Å². The van der Waals surface area contributed by atoms with Crippen LogP contribution in [0.15, 0.2) is 23.2 Å². The number of benzene rings is 1. The average Bonchev–Trinajstić information content (AvgIpc) is 3.57. The summed E-state index contributed by atoms with van der Waals surface area (Å²) in [7, 11) is 0. The Bertz CT molecular complexity index is 1120. The third-order valence-corrected chi connectivity index (χ3v) is 7.24. The molecule has 0 amide bonds. The number of aliphatic hydroxyl groups excluding tert-OH is 2. The van der Waals surface area contributed by atoms with Crippen LogP contribution in [-0.4, -0.2) is 42.5 Å². The summed E-state index contributed by atoms with van der Waals surface area (Å²) in [5.41, 5.74) is 4.83. The van der Waals surface area contributed by atoms with Gasteiger partial charge in [-0.1, -0.05) is 13.8 Å². The molecular weight excluding hydrogens is 410 g/mol. The minimum absolute atomic E-state index is 0.0134. The monoisotopic (exact) mass is 439 g/mol. The number of nitrogens with zero attached hydrogens (tertiary/aromatic N) is 5. The fraction of sp³-hybridized carbons (Fsp3) is 0.522. The maximum absolute atomic E-state index is 9.77. The van der Waals surface area contributed by atoms with Crippen molar-refractivity contribution >= 4 is 28.7 Å².